The average molecular weight is 423 g/mol. The number of nitrogens with zero attached hydrogens (tertiary/aromatic N) is 4. The second-order valence-corrected chi connectivity index (χ2v) is 9.05. The normalized spacial score (nSPS) is 19.5. The Bertz CT molecular complexity index is 891. The number of ether oxygens (including phenoxy) is 1. The summed E-state index contributed by atoms with van der Waals surface area (Å²) < 4.78 is 5.32. The molecule has 0 N–H and O–H groups in total. The zero-order valence-corrected chi connectivity index (χ0v) is 19.0. The zero-order chi connectivity index (χ0) is 21.8. The maximum Gasteiger partial charge on any atom is 0.225 e. The molecule has 0 radical (unpaired) electrons. The lowest BCUT2D eigenvalue weighted by Gasteiger charge is -2.37. The minimum Gasteiger partial charge on any atom is -0.497 e. The highest BCUT2D eigenvalue weighted by Gasteiger charge is 2.33. The molecule has 2 aromatic rings. The minimum absolute atomic E-state index is 0.00135. The lowest BCUT2D eigenvalue weighted by molar-refractivity contribution is -0.136. The van der Waals surface area contributed by atoms with Crippen LogP contribution in [0, 0.1) is 5.92 Å². The molecule has 0 spiro atoms. The van der Waals surface area contributed by atoms with Crippen molar-refractivity contribution in [3.63, 3.8) is 0 Å². The second-order valence-electron chi connectivity index (χ2n) is 9.05. The van der Waals surface area contributed by atoms with E-state index in [2.05, 4.69) is 9.88 Å². The van der Waals surface area contributed by atoms with Gasteiger partial charge in [0.25, 0.3) is 0 Å². The maximum atomic E-state index is 13.3. The lowest BCUT2D eigenvalue weighted by atomic mass is 9.92. The maximum absolute atomic E-state index is 13.3. The van der Waals surface area contributed by atoms with E-state index in [1.54, 1.807) is 7.11 Å². The number of carbonyl (C=O) groups excluding carboxylic acids is 1. The van der Waals surface area contributed by atoms with Crippen LogP contribution in [0.5, 0.6) is 5.75 Å². The van der Waals surface area contributed by atoms with Crippen LogP contribution in [-0.4, -0.2) is 48.5 Å². The smallest absolute Gasteiger partial charge is 0.225 e. The molecule has 6 nitrogen and oxygen atoms in total. The largest absolute Gasteiger partial charge is 0.497 e. The standard InChI is InChI=1S/C25H34N4O2/c1-28(2)25-26-17-21(19-11-13-20(31-3)14-12-19)24(27-25)22-10-6-7-15-29(22)23(30)16-18-8-4-5-9-18/h11-14,17-18,22H,4-10,15-16H2,1-3H3. The van der Waals surface area contributed by atoms with Crippen LogP contribution in [0.3, 0.4) is 0 Å². The highest BCUT2D eigenvalue weighted by molar-refractivity contribution is 5.78. The summed E-state index contributed by atoms with van der Waals surface area (Å²) in [7, 11) is 5.58. The number of aromatic nitrogens is 2. The molecule has 2 fully saturated rings. The van der Waals surface area contributed by atoms with Crippen molar-refractivity contribution in [3.8, 4) is 16.9 Å². The van der Waals surface area contributed by atoms with Crippen molar-refractivity contribution in [1.29, 1.82) is 0 Å². The average Bonchev–Trinajstić information content (AvgIpc) is 3.31. The quantitative estimate of drug-likeness (QED) is 0.666. The molecule has 0 bridgehead atoms. The van der Waals surface area contributed by atoms with Crippen LogP contribution in [0.4, 0.5) is 5.95 Å². The Balaban J connectivity index is 1.69. The fourth-order valence-corrected chi connectivity index (χ4v) is 4.94. The van der Waals surface area contributed by atoms with Crippen molar-refractivity contribution in [2.45, 2.75) is 57.4 Å². The van der Waals surface area contributed by atoms with E-state index in [4.69, 9.17) is 9.72 Å². The molecule has 166 valence electrons. The predicted octanol–water partition coefficient (Wildman–Crippen LogP) is 4.85. The van der Waals surface area contributed by atoms with Gasteiger partial charge in [0.2, 0.25) is 11.9 Å². The molecule has 2 heterocycles. The molecule has 1 aliphatic heterocycles. The molecule has 6 heteroatoms. The van der Waals surface area contributed by atoms with Crippen LogP contribution in [0.1, 0.15) is 63.1 Å². The predicted molar refractivity (Wildman–Crippen MR) is 123 cm³/mol. The number of benzene rings is 1. The van der Waals surface area contributed by atoms with Crippen molar-refractivity contribution in [2.24, 2.45) is 5.92 Å². The van der Waals surface area contributed by atoms with Crippen molar-refractivity contribution < 1.29 is 9.53 Å². The molecule has 1 aromatic heterocycles. The summed E-state index contributed by atoms with van der Waals surface area (Å²) in [6, 6.07) is 8.01. The number of hydrogen-bond donors (Lipinski definition) is 0. The van der Waals surface area contributed by atoms with Crippen LogP contribution < -0.4 is 9.64 Å². The van der Waals surface area contributed by atoms with Crippen LogP contribution in [0.15, 0.2) is 30.5 Å². The number of anilines is 1. The van der Waals surface area contributed by atoms with Crippen molar-refractivity contribution >= 4 is 11.9 Å². The number of likely N-dealkylation sites (tertiary alicyclic amines) is 1. The Morgan fingerprint density at radius 2 is 1.81 bits per heavy atom. The summed E-state index contributed by atoms with van der Waals surface area (Å²) >= 11 is 0. The third-order valence-electron chi connectivity index (χ3n) is 6.68. The van der Waals surface area contributed by atoms with E-state index in [0.29, 0.717) is 24.2 Å². The number of hydrogen-bond acceptors (Lipinski definition) is 5. The van der Waals surface area contributed by atoms with E-state index in [1.165, 1.54) is 25.7 Å². The molecule has 1 aromatic carbocycles. The van der Waals surface area contributed by atoms with Gasteiger partial charge >= 0.3 is 0 Å². The first-order chi connectivity index (χ1) is 15.1. The molecular formula is C25H34N4O2. The number of piperidine rings is 1. The third kappa shape index (κ3) is 4.83. The molecule has 4 rings (SSSR count). The first kappa shape index (κ1) is 21.6. The van der Waals surface area contributed by atoms with E-state index in [0.717, 1.165) is 48.4 Å². The second kappa shape index (κ2) is 9.67. The van der Waals surface area contributed by atoms with Gasteiger partial charge < -0.3 is 14.5 Å². The van der Waals surface area contributed by atoms with Crippen LogP contribution >= 0.6 is 0 Å². The molecule has 31 heavy (non-hydrogen) atoms. The Hall–Kier alpha value is -2.63. The molecule has 1 saturated heterocycles. The van der Waals surface area contributed by atoms with Crippen molar-refractivity contribution in [1.82, 2.24) is 14.9 Å². The van der Waals surface area contributed by atoms with Gasteiger partial charge in [-0.15, -0.1) is 0 Å². The van der Waals surface area contributed by atoms with Gasteiger partial charge in [0.05, 0.1) is 18.8 Å². The van der Waals surface area contributed by atoms with Gasteiger partial charge in [-0.25, -0.2) is 9.97 Å². The highest BCUT2D eigenvalue weighted by atomic mass is 16.5. The van der Waals surface area contributed by atoms with E-state index in [1.807, 2.05) is 49.5 Å². The fraction of sp³-hybridized carbons (Fsp3) is 0.560. The summed E-state index contributed by atoms with van der Waals surface area (Å²) in [5, 5.41) is 0. The molecular weight excluding hydrogens is 388 g/mol. The highest BCUT2D eigenvalue weighted by Crippen LogP contribution is 2.38. The molecule has 1 saturated carbocycles. The number of carbonyl (C=O) groups is 1. The Kier molecular flexibility index (Phi) is 6.73. The fourth-order valence-electron chi connectivity index (χ4n) is 4.94. The van der Waals surface area contributed by atoms with Crippen molar-refractivity contribution in [3.05, 3.63) is 36.2 Å². The topological polar surface area (TPSA) is 58.6 Å². The van der Waals surface area contributed by atoms with Gasteiger partial charge in [-0.3, -0.25) is 4.79 Å². The van der Waals surface area contributed by atoms with Crippen LogP contribution in [-0.2, 0) is 4.79 Å². The summed E-state index contributed by atoms with van der Waals surface area (Å²) in [5.41, 5.74) is 3.01. The molecule has 1 amide bonds. The summed E-state index contributed by atoms with van der Waals surface area (Å²) in [4.78, 5) is 26.9. The third-order valence-corrected chi connectivity index (χ3v) is 6.68. The first-order valence-electron chi connectivity index (χ1n) is 11.5. The zero-order valence-electron chi connectivity index (χ0n) is 19.0. The van der Waals surface area contributed by atoms with Crippen molar-refractivity contribution in [2.75, 3.05) is 32.6 Å². The molecule has 1 unspecified atom stereocenters. The monoisotopic (exact) mass is 422 g/mol. The van der Waals surface area contributed by atoms with Gasteiger partial charge in [-0.1, -0.05) is 25.0 Å². The van der Waals surface area contributed by atoms with Gasteiger partial charge in [-0.2, -0.15) is 0 Å². The van der Waals surface area contributed by atoms with Crippen LogP contribution in [0.2, 0.25) is 0 Å². The number of methoxy groups -OCH3 is 1. The molecule has 1 atom stereocenters. The number of amides is 1. The van der Waals surface area contributed by atoms with Crippen LogP contribution in [0.25, 0.3) is 11.1 Å². The van der Waals surface area contributed by atoms with Gasteiger partial charge in [0, 0.05) is 38.8 Å². The summed E-state index contributed by atoms with van der Waals surface area (Å²) in [5.74, 6) is 2.35. The van der Waals surface area contributed by atoms with Gasteiger partial charge in [-0.05, 0) is 55.7 Å². The number of rotatable bonds is 6. The first-order valence-corrected chi connectivity index (χ1v) is 11.5. The van der Waals surface area contributed by atoms with E-state index in [-0.39, 0.29) is 6.04 Å². The van der Waals surface area contributed by atoms with Gasteiger partial charge in [0.1, 0.15) is 5.75 Å². The minimum atomic E-state index is 0.00135. The summed E-state index contributed by atoms with van der Waals surface area (Å²) in [6.07, 6.45) is 10.6. The molecule has 1 aliphatic carbocycles. The SMILES string of the molecule is COc1ccc(-c2cnc(N(C)C)nc2C2CCCCN2C(=O)CC2CCCC2)cc1. The van der Waals surface area contributed by atoms with E-state index in [9.17, 15) is 4.79 Å². The summed E-state index contributed by atoms with van der Waals surface area (Å²) in [6.45, 7) is 0.819. The lowest BCUT2D eigenvalue weighted by Crippen LogP contribution is -2.40. The van der Waals surface area contributed by atoms with Gasteiger partial charge in [0.15, 0.2) is 0 Å². The van der Waals surface area contributed by atoms with E-state index < -0.39 is 0 Å². The molecule has 2 aliphatic rings. The Labute approximate surface area is 185 Å². The van der Waals surface area contributed by atoms with E-state index >= 15 is 0 Å². The Morgan fingerprint density at radius 3 is 2.48 bits per heavy atom. The Morgan fingerprint density at radius 1 is 1.10 bits per heavy atom.